The van der Waals surface area contributed by atoms with Crippen molar-refractivity contribution in [1.29, 1.82) is 0 Å². The average molecular weight is 274 g/mol. The number of nitrogens with one attached hydrogen (secondary N) is 1. The summed E-state index contributed by atoms with van der Waals surface area (Å²) in [5, 5.41) is 12.0. The van der Waals surface area contributed by atoms with Gasteiger partial charge in [0.25, 0.3) is 5.91 Å². The summed E-state index contributed by atoms with van der Waals surface area (Å²) in [5.41, 5.74) is 0.528. The van der Waals surface area contributed by atoms with E-state index in [1.54, 1.807) is 41.6 Å². The first-order chi connectivity index (χ1) is 9.61. The maximum absolute atomic E-state index is 12.2. The number of aliphatic hydroxyl groups is 1. The Labute approximate surface area is 117 Å². The molecule has 0 aromatic carbocycles. The summed E-state index contributed by atoms with van der Waals surface area (Å²) in [6, 6.07) is 3.26. The maximum atomic E-state index is 12.2. The second-order valence-corrected chi connectivity index (χ2v) is 4.79. The Morgan fingerprint density at radius 3 is 2.90 bits per heavy atom. The molecule has 0 aliphatic rings. The van der Waals surface area contributed by atoms with E-state index in [1.807, 2.05) is 13.8 Å². The minimum Gasteiger partial charge on any atom is -0.396 e. The molecule has 0 fully saturated rings. The van der Waals surface area contributed by atoms with E-state index in [0.29, 0.717) is 11.4 Å². The minimum absolute atomic E-state index is 0.00825. The number of carbonyl (C=O) groups is 1. The van der Waals surface area contributed by atoms with Gasteiger partial charge in [-0.15, -0.1) is 0 Å². The van der Waals surface area contributed by atoms with Gasteiger partial charge >= 0.3 is 0 Å². The summed E-state index contributed by atoms with van der Waals surface area (Å²) in [6.45, 7) is 3.79. The van der Waals surface area contributed by atoms with Gasteiger partial charge in [-0.25, -0.2) is 9.97 Å². The average Bonchev–Trinajstić information content (AvgIpc) is 3.00. The predicted molar refractivity (Wildman–Crippen MR) is 74.5 cm³/mol. The number of nitrogens with zero attached hydrogens (tertiary/aromatic N) is 3. The van der Waals surface area contributed by atoms with Gasteiger partial charge < -0.3 is 10.4 Å². The van der Waals surface area contributed by atoms with E-state index in [0.717, 1.165) is 0 Å². The molecular formula is C14H18N4O2. The monoisotopic (exact) mass is 274 g/mol. The van der Waals surface area contributed by atoms with Gasteiger partial charge in [0.1, 0.15) is 12.1 Å². The summed E-state index contributed by atoms with van der Waals surface area (Å²) in [6.07, 6.45) is 6.63. The number of amides is 1. The predicted octanol–water partition coefficient (Wildman–Crippen LogP) is 1.01. The molecule has 0 saturated heterocycles. The number of imidazole rings is 1. The third-order valence-corrected chi connectivity index (χ3v) is 3.28. The highest BCUT2D eigenvalue weighted by molar-refractivity contribution is 5.94. The lowest BCUT2D eigenvalue weighted by Crippen LogP contribution is -2.38. The van der Waals surface area contributed by atoms with Gasteiger partial charge in [0, 0.05) is 36.8 Å². The van der Waals surface area contributed by atoms with Crippen LogP contribution in [0, 0.1) is 5.92 Å². The third kappa shape index (κ3) is 3.21. The van der Waals surface area contributed by atoms with E-state index < -0.39 is 0 Å². The van der Waals surface area contributed by atoms with Crippen molar-refractivity contribution in [2.75, 3.05) is 6.61 Å². The molecule has 20 heavy (non-hydrogen) atoms. The Balaban J connectivity index is 2.13. The van der Waals surface area contributed by atoms with Crippen LogP contribution in [0.5, 0.6) is 0 Å². The van der Waals surface area contributed by atoms with E-state index in [2.05, 4.69) is 15.3 Å². The van der Waals surface area contributed by atoms with Crippen molar-refractivity contribution >= 4 is 5.91 Å². The van der Waals surface area contributed by atoms with Crippen LogP contribution >= 0.6 is 0 Å². The van der Waals surface area contributed by atoms with Crippen molar-refractivity contribution in [2.45, 2.75) is 19.9 Å². The second-order valence-electron chi connectivity index (χ2n) is 4.79. The molecule has 0 radical (unpaired) electrons. The minimum atomic E-state index is -0.179. The summed E-state index contributed by atoms with van der Waals surface area (Å²) < 4.78 is 1.73. The number of aliphatic hydroxyl groups excluding tert-OH is 1. The fourth-order valence-corrected chi connectivity index (χ4v) is 1.69. The molecule has 2 heterocycles. The molecule has 2 rings (SSSR count). The Bertz CT molecular complexity index is 568. The fourth-order valence-electron chi connectivity index (χ4n) is 1.69. The van der Waals surface area contributed by atoms with Gasteiger partial charge in [0.15, 0.2) is 0 Å². The second kappa shape index (κ2) is 6.29. The molecule has 2 atom stereocenters. The summed E-state index contributed by atoms with van der Waals surface area (Å²) >= 11 is 0. The van der Waals surface area contributed by atoms with Crippen LogP contribution < -0.4 is 5.32 Å². The van der Waals surface area contributed by atoms with Crippen LogP contribution in [0.3, 0.4) is 0 Å². The van der Waals surface area contributed by atoms with E-state index in [-0.39, 0.29) is 24.5 Å². The van der Waals surface area contributed by atoms with Gasteiger partial charge in [-0.2, -0.15) is 0 Å². The van der Waals surface area contributed by atoms with Crippen molar-refractivity contribution in [2.24, 2.45) is 5.92 Å². The van der Waals surface area contributed by atoms with Crippen LogP contribution in [0.15, 0.2) is 37.1 Å². The Morgan fingerprint density at radius 1 is 1.45 bits per heavy atom. The number of hydrogen-bond donors (Lipinski definition) is 2. The quantitative estimate of drug-likeness (QED) is 0.853. The van der Waals surface area contributed by atoms with Crippen molar-refractivity contribution in [3.8, 4) is 5.82 Å². The zero-order chi connectivity index (χ0) is 14.5. The molecule has 1 amide bonds. The van der Waals surface area contributed by atoms with Gasteiger partial charge in [-0.1, -0.05) is 6.92 Å². The number of aromatic nitrogens is 3. The lowest BCUT2D eigenvalue weighted by molar-refractivity contribution is 0.0916. The van der Waals surface area contributed by atoms with Gasteiger partial charge in [-0.3, -0.25) is 9.36 Å². The molecule has 6 nitrogen and oxygen atoms in total. The number of carbonyl (C=O) groups excluding carboxylic acids is 1. The van der Waals surface area contributed by atoms with E-state index in [4.69, 9.17) is 5.11 Å². The molecule has 2 aromatic heterocycles. The van der Waals surface area contributed by atoms with E-state index in [9.17, 15) is 4.79 Å². The lowest BCUT2D eigenvalue weighted by atomic mass is 10.0. The highest BCUT2D eigenvalue weighted by atomic mass is 16.3. The third-order valence-electron chi connectivity index (χ3n) is 3.28. The maximum Gasteiger partial charge on any atom is 0.251 e. The topological polar surface area (TPSA) is 80.0 Å². The molecule has 106 valence electrons. The molecule has 0 aliphatic carbocycles. The molecule has 2 unspecified atom stereocenters. The summed E-state index contributed by atoms with van der Waals surface area (Å²) in [4.78, 5) is 20.3. The van der Waals surface area contributed by atoms with Crippen molar-refractivity contribution in [3.63, 3.8) is 0 Å². The molecule has 0 saturated carbocycles. The van der Waals surface area contributed by atoms with Crippen LogP contribution in [0.1, 0.15) is 24.2 Å². The number of hydrogen-bond acceptors (Lipinski definition) is 4. The molecular weight excluding hydrogens is 256 g/mol. The zero-order valence-electron chi connectivity index (χ0n) is 11.5. The van der Waals surface area contributed by atoms with Crippen LogP contribution in [0.2, 0.25) is 0 Å². The van der Waals surface area contributed by atoms with Crippen molar-refractivity contribution < 1.29 is 9.90 Å². The summed E-state index contributed by atoms with van der Waals surface area (Å²) in [7, 11) is 0. The molecule has 2 aromatic rings. The van der Waals surface area contributed by atoms with E-state index in [1.165, 1.54) is 0 Å². The van der Waals surface area contributed by atoms with Crippen molar-refractivity contribution in [1.82, 2.24) is 19.9 Å². The molecule has 6 heteroatoms. The molecule has 0 spiro atoms. The SMILES string of the molecule is CC(CO)C(C)NC(=O)c1ccnc(-n2ccnc2)c1. The van der Waals surface area contributed by atoms with Crippen LogP contribution in [-0.2, 0) is 0 Å². The van der Waals surface area contributed by atoms with Gasteiger partial charge in [-0.05, 0) is 25.0 Å². The van der Waals surface area contributed by atoms with E-state index >= 15 is 0 Å². The largest absolute Gasteiger partial charge is 0.396 e. The fraction of sp³-hybridized carbons (Fsp3) is 0.357. The first-order valence-corrected chi connectivity index (χ1v) is 6.48. The van der Waals surface area contributed by atoms with Gasteiger partial charge in [0.05, 0.1) is 0 Å². The van der Waals surface area contributed by atoms with Crippen LogP contribution in [0.25, 0.3) is 5.82 Å². The summed E-state index contributed by atoms with van der Waals surface area (Å²) in [5.74, 6) is 0.466. The standard InChI is InChI=1S/C14H18N4O2/c1-10(8-19)11(2)17-14(20)12-3-4-16-13(7-12)18-6-5-15-9-18/h3-7,9-11,19H,8H2,1-2H3,(H,17,20). The first kappa shape index (κ1) is 14.2. The Hall–Kier alpha value is -2.21. The van der Waals surface area contributed by atoms with Gasteiger partial charge in [0.2, 0.25) is 0 Å². The Morgan fingerprint density at radius 2 is 2.25 bits per heavy atom. The highest BCUT2D eigenvalue weighted by Gasteiger charge is 2.15. The Kier molecular flexibility index (Phi) is 4.47. The lowest BCUT2D eigenvalue weighted by Gasteiger charge is -2.19. The molecule has 2 N–H and O–H groups in total. The normalized spacial score (nSPS) is 13.8. The van der Waals surface area contributed by atoms with Crippen molar-refractivity contribution in [3.05, 3.63) is 42.6 Å². The number of pyridine rings is 1. The smallest absolute Gasteiger partial charge is 0.251 e. The molecule has 0 aliphatic heterocycles. The molecule has 0 bridgehead atoms. The first-order valence-electron chi connectivity index (χ1n) is 6.48. The highest BCUT2D eigenvalue weighted by Crippen LogP contribution is 2.08. The number of rotatable bonds is 5. The zero-order valence-corrected chi connectivity index (χ0v) is 11.5. The van der Waals surface area contributed by atoms with Crippen LogP contribution in [0.4, 0.5) is 0 Å². The van der Waals surface area contributed by atoms with Crippen LogP contribution in [-0.4, -0.2) is 38.2 Å².